The summed E-state index contributed by atoms with van der Waals surface area (Å²) in [6, 6.07) is 0. The van der Waals surface area contributed by atoms with E-state index in [4.69, 9.17) is 5.73 Å². The van der Waals surface area contributed by atoms with Crippen molar-refractivity contribution in [3.63, 3.8) is 0 Å². The molecule has 1 atom stereocenters. The summed E-state index contributed by atoms with van der Waals surface area (Å²) in [6.45, 7) is 4.41. The molecule has 0 aromatic carbocycles. The number of rotatable bonds is 6. The lowest BCUT2D eigenvalue weighted by atomic mass is 9.96. The predicted octanol–water partition coefficient (Wildman–Crippen LogP) is 0.586. The largest absolute Gasteiger partial charge is 0.330 e. The van der Waals surface area contributed by atoms with Crippen LogP contribution in [0.25, 0.3) is 0 Å². The molecule has 3 N–H and O–H groups in total. The number of nitrogens with two attached hydrogens (primary N) is 1. The van der Waals surface area contributed by atoms with Gasteiger partial charge in [0.25, 0.3) is 0 Å². The molecule has 1 rings (SSSR count). The first-order chi connectivity index (χ1) is 6.43. The summed E-state index contributed by atoms with van der Waals surface area (Å²) in [6.07, 6.45) is 3.07. The molecular weight excluding hydrogens is 200 g/mol. The van der Waals surface area contributed by atoms with Crippen LogP contribution in [0, 0.1) is 0 Å². The van der Waals surface area contributed by atoms with Crippen molar-refractivity contribution in [2.24, 2.45) is 5.73 Å². The first-order valence-electron chi connectivity index (χ1n) is 5.16. The van der Waals surface area contributed by atoms with Crippen LogP contribution >= 0.6 is 0 Å². The van der Waals surface area contributed by atoms with Crippen LogP contribution in [0.2, 0.25) is 0 Å². The van der Waals surface area contributed by atoms with E-state index < -0.39 is 10.0 Å². The summed E-state index contributed by atoms with van der Waals surface area (Å²) in [7, 11) is -3.08. The van der Waals surface area contributed by atoms with E-state index in [0.717, 1.165) is 19.3 Å². The lowest BCUT2D eigenvalue weighted by Crippen LogP contribution is -2.47. The molecule has 0 radical (unpaired) electrons. The maximum Gasteiger partial charge on any atom is 0.214 e. The van der Waals surface area contributed by atoms with Crippen molar-refractivity contribution < 1.29 is 8.42 Å². The summed E-state index contributed by atoms with van der Waals surface area (Å²) in [5, 5.41) is -0.147. The van der Waals surface area contributed by atoms with Gasteiger partial charge in [0.1, 0.15) is 0 Å². The molecule has 1 unspecified atom stereocenters. The van der Waals surface area contributed by atoms with E-state index in [1.807, 2.05) is 13.8 Å². The number of sulfonamides is 1. The van der Waals surface area contributed by atoms with Gasteiger partial charge in [0.05, 0.1) is 5.25 Å². The van der Waals surface area contributed by atoms with Crippen LogP contribution in [0.3, 0.4) is 0 Å². The molecule has 4 nitrogen and oxygen atoms in total. The fourth-order valence-corrected chi connectivity index (χ4v) is 3.28. The Morgan fingerprint density at radius 1 is 1.50 bits per heavy atom. The van der Waals surface area contributed by atoms with Crippen molar-refractivity contribution in [1.29, 1.82) is 0 Å². The normalized spacial score (nSPS) is 21.9. The van der Waals surface area contributed by atoms with E-state index >= 15 is 0 Å². The monoisotopic (exact) mass is 220 g/mol. The number of hydrogen-bond acceptors (Lipinski definition) is 3. The quantitative estimate of drug-likeness (QED) is 0.688. The highest BCUT2D eigenvalue weighted by atomic mass is 32.2. The molecule has 0 amide bonds. The van der Waals surface area contributed by atoms with Crippen molar-refractivity contribution in [3.05, 3.63) is 0 Å². The van der Waals surface area contributed by atoms with Gasteiger partial charge < -0.3 is 5.73 Å². The third kappa shape index (κ3) is 2.93. The zero-order valence-electron chi connectivity index (χ0n) is 8.91. The van der Waals surface area contributed by atoms with Gasteiger partial charge in [0, 0.05) is 5.54 Å². The highest BCUT2D eigenvalue weighted by molar-refractivity contribution is 7.90. The smallest absolute Gasteiger partial charge is 0.214 e. The lowest BCUT2D eigenvalue weighted by molar-refractivity contribution is 0.378. The van der Waals surface area contributed by atoms with E-state index in [-0.39, 0.29) is 10.8 Å². The minimum atomic E-state index is -3.08. The molecule has 0 bridgehead atoms. The molecule has 0 aromatic heterocycles. The molecule has 1 fully saturated rings. The van der Waals surface area contributed by atoms with Gasteiger partial charge in [0.2, 0.25) is 10.0 Å². The molecule has 84 valence electrons. The van der Waals surface area contributed by atoms with Gasteiger partial charge in [-0.15, -0.1) is 0 Å². The lowest BCUT2D eigenvalue weighted by Gasteiger charge is -2.28. The fourth-order valence-electron chi connectivity index (χ4n) is 1.42. The Kier molecular flexibility index (Phi) is 3.55. The van der Waals surface area contributed by atoms with Gasteiger partial charge >= 0.3 is 0 Å². The molecule has 1 aliphatic carbocycles. The van der Waals surface area contributed by atoms with Crippen LogP contribution in [-0.2, 0) is 10.0 Å². The third-order valence-electron chi connectivity index (χ3n) is 2.83. The van der Waals surface area contributed by atoms with Crippen LogP contribution in [0.15, 0.2) is 0 Å². The van der Waals surface area contributed by atoms with Crippen LogP contribution in [0.5, 0.6) is 0 Å². The van der Waals surface area contributed by atoms with Crippen LogP contribution in [0.1, 0.15) is 39.5 Å². The summed E-state index contributed by atoms with van der Waals surface area (Å²) >= 11 is 0. The Morgan fingerprint density at radius 2 is 2.07 bits per heavy atom. The average molecular weight is 220 g/mol. The van der Waals surface area contributed by atoms with E-state index in [1.165, 1.54) is 0 Å². The highest BCUT2D eigenvalue weighted by Gasteiger charge is 2.39. The molecule has 0 heterocycles. The standard InChI is InChI=1S/C9H20N2O2S/c1-3-9(2,6-7-10)11-14(12,13)8-4-5-8/h8,11H,3-7,10H2,1-2H3. The van der Waals surface area contributed by atoms with E-state index in [1.54, 1.807) is 0 Å². The van der Waals surface area contributed by atoms with Crippen LogP contribution < -0.4 is 10.5 Å². The van der Waals surface area contributed by atoms with Gasteiger partial charge in [-0.1, -0.05) is 6.92 Å². The molecule has 14 heavy (non-hydrogen) atoms. The van der Waals surface area contributed by atoms with Crippen molar-refractivity contribution in [2.75, 3.05) is 6.54 Å². The molecule has 0 aromatic rings. The SMILES string of the molecule is CCC(C)(CCN)NS(=O)(=O)C1CC1. The van der Waals surface area contributed by atoms with Crippen molar-refractivity contribution in [3.8, 4) is 0 Å². The fraction of sp³-hybridized carbons (Fsp3) is 1.00. The van der Waals surface area contributed by atoms with Crippen LogP contribution in [0.4, 0.5) is 0 Å². The first kappa shape index (κ1) is 11.9. The Bertz CT molecular complexity index is 285. The van der Waals surface area contributed by atoms with E-state index in [9.17, 15) is 8.42 Å². The Balaban J connectivity index is 2.63. The Labute approximate surface area is 86.3 Å². The average Bonchev–Trinajstić information content (AvgIpc) is 2.85. The molecule has 0 aliphatic heterocycles. The minimum Gasteiger partial charge on any atom is -0.330 e. The molecule has 1 saturated carbocycles. The van der Waals surface area contributed by atoms with Gasteiger partial charge in [-0.05, 0) is 39.2 Å². The zero-order valence-corrected chi connectivity index (χ0v) is 9.73. The first-order valence-corrected chi connectivity index (χ1v) is 6.71. The van der Waals surface area contributed by atoms with Crippen LogP contribution in [-0.4, -0.2) is 25.8 Å². The van der Waals surface area contributed by atoms with Crippen molar-refractivity contribution in [1.82, 2.24) is 4.72 Å². The van der Waals surface area contributed by atoms with Gasteiger partial charge in [0.15, 0.2) is 0 Å². The zero-order chi connectivity index (χ0) is 10.8. The third-order valence-corrected chi connectivity index (χ3v) is 4.95. The second-order valence-corrected chi connectivity index (χ2v) is 6.26. The maximum atomic E-state index is 11.7. The summed E-state index contributed by atoms with van der Waals surface area (Å²) in [5.74, 6) is 0. The maximum absolute atomic E-state index is 11.7. The van der Waals surface area contributed by atoms with Crippen molar-refractivity contribution >= 4 is 10.0 Å². The molecule has 0 saturated heterocycles. The minimum absolute atomic E-state index is 0.147. The highest BCUT2D eigenvalue weighted by Crippen LogP contribution is 2.29. The predicted molar refractivity (Wildman–Crippen MR) is 57.4 cm³/mol. The number of nitrogens with one attached hydrogen (secondary N) is 1. The topological polar surface area (TPSA) is 72.2 Å². The van der Waals surface area contributed by atoms with Gasteiger partial charge in [-0.3, -0.25) is 0 Å². The second kappa shape index (κ2) is 4.16. The second-order valence-electron chi connectivity index (χ2n) is 4.30. The molecule has 0 spiro atoms. The van der Waals surface area contributed by atoms with E-state index in [2.05, 4.69) is 4.72 Å². The number of hydrogen-bond donors (Lipinski definition) is 2. The van der Waals surface area contributed by atoms with Gasteiger partial charge in [-0.2, -0.15) is 0 Å². The Morgan fingerprint density at radius 3 is 2.43 bits per heavy atom. The molecule has 1 aliphatic rings. The summed E-state index contributed by atoms with van der Waals surface area (Å²) in [5.41, 5.74) is 5.10. The van der Waals surface area contributed by atoms with E-state index in [0.29, 0.717) is 13.0 Å². The molecular formula is C9H20N2O2S. The summed E-state index contributed by atoms with van der Waals surface area (Å²) in [4.78, 5) is 0. The van der Waals surface area contributed by atoms with Crippen molar-refractivity contribution in [2.45, 2.75) is 50.3 Å². The Hall–Kier alpha value is -0.130. The van der Waals surface area contributed by atoms with Gasteiger partial charge in [-0.25, -0.2) is 13.1 Å². The summed E-state index contributed by atoms with van der Waals surface area (Å²) < 4.78 is 26.2. The molecule has 5 heteroatoms.